The molecule has 0 aliphatic rings. The number of halogens is 2. The van der Waals surface area contributed by atoms with Gasteiger partial charge in [-0.05, 0) is 30.7 Å². The predicted molar refractivity (Wildman–Crippen MR) is 94.5 cm³/mol. The van der Waals surface area contributed by atoms with E-state index in [0.29, 0.717) is 21.6 Å². The number of furan rings is 1. The normalized spacial score (nSPS) is 10.7. The van der Waals surface area contributed by atoms with E-state index < -0.39 is 18.5 Å². The first kappa shape index (κ1) is 17.9. The molecule has 26 heavy (non-hydrogen) atoms. The number of carbonyl (C=O) groups is 2. The van der Waals surface area contributed by atoms with Gasteiger partial charge >= 0.3 is 5.97 Å². The van der Waals surface area contributed by atoms with E-state index in [4.69, 9.17) is 20.8 Å². The number of fused-ring (bicyclic) bond motifs is 1. The van der Waals surface area contributed by atoms with Crippen molar-refractivity contribution in [2.24, 2.45) is 0 Å². The largest absolute Gasteiger partial charge is 0.450 e. The first-order valence-corrected chi connectivity index (χ1v) is 8.19. The smallest absolute Gasteiger partial charge is 0.375 e. The van der Waals surface area contributed by atoms with Crippen LogP contribution in [0.15, 0.2) is 46.9 Å². The number of esters is 1. The highest BCUT2D eigenvalue weighted by Crippen LogP contribution is 2.30. The minimum Gasteiger partial charge on any atom is -0.450 e. The van der Waals surface area contributed by atoms with Crippen molar-refractivity contribution in [1.29, 1.82) is 0 Å². The van der Waals surface area contributed by atoms with Crippen LogP contribution >= 0.6 is 11.6 Å². The Morgan fingerprint density at radius 3 is 2.62 bits per heavy atom. The maximum atomic E-state index is 12.8. The molecule has 1 heterocycles. The van der Waals surface area contributed by atoms with Crippen molar-refractivity contribution in [3.63, 3.8) is 0 Å². The number of aryl methyl sites for hydroxylation is 1. The van der Waals surface area contributed by atoms with Gasteiger partial charge in [-0.1, -0.05) is 35.9 Å². The minimum absolute atomic E-state index is 0.0134. The van der Waals surface area contributed by atoms with Gasteiger partial charge in [0.05, 0.1) is 5.02 Å². The van der Waals surface area contributed by atoms with E-state index in [1.807, 2.05) is 0 Å². The molecule has 3 rings (SSSR count). The van der Waals surface area contributed by atoms with Gasteiger partial charge in [0.1, 0.15) is 5.82 Å². The Bertz CT molecular complexity index is 966. The number of amides is 1. The number of nitrogens with one attached hydrogen (secondary N) is 1. The Balaban J connectivity index is 1.58. The zero-order valence-electron chi connectivity index (χ0n) is 13.8. The maximum absolute atomic E-state index is 12.8. The highest BCUT2D eigenvalue weighted by Gasteiger charge is 2.21. The van der Waals surface area contributed by atoms with Gasteiger partial charge in [0, 0.05) is 17.5 Å². The third-order valence-corrected chi connectivity index (χ3v) is 4.14. The Labute approximate surface area is 153 Å². The van der Waals surface area contributed by atoms with Crippen molar-refractivity contribution < 1.29 is 23.1 Å². The number of carbonyl (C=O) groups excluding carboxylic acids is 2. The van der Waals surface area contributed by atoms with Crippen LogP contribution in [0.1, 0.15) is 21.7 Å². The van der Waals surface area contributed by atoms with Crippen LogP contribution in [0, 0.1) is 12.7 Å². The molecule has 0 unspecified atom stereocenters. The van der Waals surface area contributed by atoms with Crippen LogP contribution in [0.4, 0.5) is 4.39 Å². The number of benzene rings is 2. The fraction of sp³-hybridized carbons (Fsp3) is 0.158. The maximum Gasteiger partial charge on any atom is 0.375 e. The third kappa shape index (κ3) is 3.86. The molecule has 7 heteroatoms. The molecule has 1 aromatic heterocycles. The first-order chi connectivity index (χ1) is 12.5. The molecule has 0 radical (unpaired) electrons. The summed E-state index contributed by atoms with van der Waals surface area (Å²) in [7, 11) is 0. The van der Waals surface area contributed by atoms with E-state index in [9.17, 15) is 14.0 Å². The van der Waals surface area contributed by atoms with Crippen molar-refractivity contribution >= 4 is 34.4 Å². The number of para-hydroxylation sites is 1. The van der Waals surface area contributed by atoms with Crippen molar-refractivity contribution in [3.8, 4) is 0 Å². The van der Waals surface area contributed by atoms with Gasteiger partial charge in [-0.2, -0.15) is 0 Å². The average Bonchev–Trinajstić information content (AvgIpc) is 2.98. The molecule has 5 nitrogen and oxygen atoms in total. The van der Waals surface area contributed by atoms with Crippen LogP contribution in [0.2, 0.25) is 5.02 Å². The highest BCUT2D eigenvalue weighted by molar-refractivity contribution is 6.35. The predicted octanol–water partition coefficient (Wildman–Crippen LogP) is 4.01. The summed E-state index contributed by atoms with van der Waals surface area (Å²) in [5.41, 5.74) is 1.73. The second kappa shape index (κ2) is 7.58. The standard InChI is InChI=1S/C19H15ClFNO4/c1-11-14-3-2-4-15(20)18(14)26-17(11)19(24)25-10-16(23)22-9-12-5-7-13(21)8-6-12/h2-8H,9-10H2,1H3,(H,22,23). The van der Waals surface area contributed by atoms with E-state index >= 15 is 0 Å². The van der Waals surface area contributed by atoms with Gasteiger partial charge in [0.15, 0.2) is 12.2 Å². The van der Waals surface area contributed by atoms with Gasteiger partial charge in [0.25, 0.3) is 5.91 Å². The molecule has 134 valence electrons. The lowest BCUT2D eigenvalue weighted by atomic mass is 10.1. The van der Waals surface area contributed by atoms with Crippen LogP contribution in [-0.2, 0) is 16.1 Å². The van der Waals surface area contributed by atoms with E-state index in [-0.39, 0.29) is 18.1 Å². The molecule has 2 aromatic carbocycles. The van der Waals surface area contributed by atoms with Crippen LogP contribution < -0.4 is 5.32 Å². The SMILES string of the molecule is Cc1c(C(=O)OCC(=O)NCc2ccc(F)cc2)oc2c(Cl)cccc12. The summed E-state index contributed by atoms with van der Waals surface area (Å²) in [5, 5.41) is 3.69. The van der Waals surface area contributed by atoms with Crippen LogP contribution in [-0.4, -0.2) is 18.5 Å². The second-order valence-electron chi connectivity index (χ2n) is 5.65. The van der Waals surface area contributed by atoms with E-state index in [2.05, 4.69) is 5.32 Å². The molecular formula is C19H15ClFNO4. The summed E-state index contributed by atoms with van der Waals surface area (Å²) in [6.07, 6.45) is 0. The quantitative estimate of drug-likeness (QED) is 0.684. The van der Waals surface area contributed by atoms with Crippen LogP contribution in [0.25, 0.3) is 11.0 Å². The molecule has 0 bridgehead atoms. The van der Waals surface area contributed by atoms with Gasteiger partial charge in [-0.3, -0.25) is 4.79 Å². The molecule has 3 aromatic rings. The second-order valence-corrected chi connectivity index (χ2v) is 6.06. The fourth-order valence-electron chi connectivity index (χ4n) is 2.45. The molecule has 0 atom stereocenters. The average molecular weight is 376 g/mol. The summed E-state index contributed by atoms with van der Waals surface area (Å²) in [5.74, 6) is -1.56. The Morgan fingerprint density at radius 1 is 1.19 bits per heavy atom. The van der Waals surface area contributed by atoms with Gasteiger partial charge < -0.3 is 14.5 Å². The highest BCUT2D eigenvalue weighted by atomic mass is 35.5. The van der Waals surface area contributed by atoms with Gasteiger partial charge in [-0.15, -0.1) is 0 Å². The summed E-state index contributed by atoms with van der Waals surface area (Å²) in [6, 6.07) is 10.9. The molecule has 0 aliphatic heterocycles. The van der Waals surface area contributed by atoms with Crippen molar-refractivity contribution in [1.82, 2.24) is 5.32 Å². The third-order valence-electron chi connectivity index (χ3n) is 3.84. The van der Waals surface area contributed by atoms with Crippen LogP contribution in [0.5, 0.6) is 0 Å². The van der Waals surface area contributed by atoms with Crippen molar-refractivity contribution in [2.75, 3.05) is 6.61 Å². The van der Waals surface area contributed by atoms with Gasteiger partial charge in [-0.25, -0.2) is 9.18 Å². The molecule has 0 saturated carbocycles. The molecule has 1 N–H and O–H groups in total. The Morgan fingerprint density at radius 2 is 1.92 bits per heavy atom. The monoisotopic (exact) mass is 375 g/mol. The van der Waals surface area contributed by atoms with Crippen molar-refractivity contribution in [2.45, 2.75) is 13.5 Å². The molecule has 0 aliphatic carbocycles. The molecule has 1 amide bonds. The van der Waals surface area contributed by atoms with E-state index in [1.165, 1.54) is 12.1 Å². The number of hydrogen-bond acceptors (Lipinski definition) is 4. The number of rotatable bonds is 5. The summed E-state index contributed by atoms with van der Waals surface area (Å²) >= 11 is 6.05. The van der Waals surface area contributed by atoms with Gasteiger partial charge in [0.2, 0.25) is 5.76 Å². The first-order valence-electron chi connectivity index (χ1n) is 7.81. The molecule has 0 saturated heterocycles. The van der Waals surface area contributed by atoms with E-state index in [1.54, 1.807) is 37.3 Å². The van der Waals surface area contributed by atoms with Crippen LogP contribution in [0.3, 0.4) is 0 Å². The lowest BCUT2D eigenvalue weighted by Gasteiger charge is -2.06. The Kier molecular flexibility index (Phi) is 5.23. The molecule has 0 spiro atoms. The lowest BCUT2D eigenvalue weighted by molar-refractivity contribution is -0.124. The minimum atomic E-state index is -0.744. The zero-order valence-corrected chi connectivity index (χ0v) is 14.6. The van der Waals surface area contributed by atoms with Crippen molar-refractivity contribution in [3.05, 3.63) is 70.2 Å². The summed E-state index contributed by atoms with van der Waals surface area (Å²) in [6.45, 7) is 1.47. The molecule has 0 fully saturated rings. The summed E-state index contributed by atoms with van der Waals surface area (Å²) in [4.78, 5) is 24.0. The fourth-order valence-corrected chi connectivity index (χ4v) is 2.67. The molecular weight excluding hydrogens is 361 g/mol. The summed E-state index contributed by atoms with van der Waals surface area (Å²) < 4.78 is 23.3. The number of ether oxygens (including phenoxy) is 1. The number of hydrogen-bond donors (Lipinski definition) is 1. The van der Waals surface area contributed by atoms with E-state index in [0.717, 1.165) is 5.56 Å². The Hall–Kier alpha value is -2.86. The lowest BCUT2D eigenvalue weighted by Crippen LogP contribution is -2.28. The zero-order chi connectivity index (χ0) is 18.7. The topological polar surface area (TPSA) is 68.5 Å².